The van der Waals surface area contributed by atoms with Gasteiger partial charge in [-0.3, -0.25) is 9.78 Å². The van der Waals surface area contributed by atoms with Gasteiger partial charge in [-0.1, -0.05) is 6.07 Å². The lowest BCUT2D eigenvalue weighted by Crippen LogP contribution is -2.33. The first kappa shape index (κ1) is 15.7. The summed E-state index contributed by atoms with van der Waals surface area (Å²) in [6.45, 7) is 1.57. The van der Waals surface area contributed by atoms with Crippen LogP contribution in [-0.4, -0.2) is 24.4 Å². The molecule has 0 spiro atoms. The predicted molar refractivity (Wildman–Crippen MR) is 90.3 cm³/mol. The Bertz CT molecular complexity index is 839. The number of aldehydes is 1. The highest BCUT2D eigenvalue weighted by Gasteiger charge is 2.21. The van der Waals surface area contributed by atoms with Crippen molar-refractivity contribution in [2.24, 2.45) is 5.92 Å². The summed E-state index contributed by atoms with van der Waals surface area (Å²) in [5, 5.41) is 18.5. The van der Waals surface area contributed by atoms with Crippen molar-refractivity contribution in [1.82, 2.24) is 4.98 Å². The summed E-state index contributed by atoms with van der Waals surface area (Å²) in [5.74, 6) is 0.112. The Morgan fingerprint density at radius 2 is 1.96 bits per heavy atom. The van der Waals surface area contributed by atoms with E-state index in [4.69, 9.17) is 5.26 Å². The lowest BCUT2D eigenvalue weighted by Gasteiger charge is -2.31. The van der Waals surface area contributed by atoms with E-state index in [9.17, 15) is 10.1 Å². The van der Waals surface area contributed by atoms with Gasteiger partial charge in [0, 0.05) is 36.3 Å². The van der Waals surface area contributed by atoms with Gasteiger partial charge in [-0.2, -0.15) is 10.5 Å². The molecule has 118 valence electrons. The van der Waals surface area contributed by atoms with Crippen molar-refractivity contribution in [1.29, 1.82) is 10.5 Å². The van der Waals surface area contributed by atoms with Crippen LogP contribution in [0, 0.1) is 28.6 Å². The van der Waals surface area contributed by atoms with Crippen molar-refractivity contribution in [3.05, 3.63) is 47.7 Å². The molecule has 1 fully saturated rings. The monoisotopic (exact) mass is 316 g/mol. The fraction of sp³-hybridized carbons (Fsp3) is 0.263. The Kier molecular flexibility index (Phi) is 4.54. The van der Waals surface area contributed by atoms with Crippen molar-refractivity contribution in [3.8, 4) is 23.4 Å². The molecule has 0 aliphatic carbocycles. The molecule has 0 amide bonds. The van der Waals surface area contributed by atoms with Crippen LogP contribution >= 0.6 is 0 Å². The molecule has 5 nitrogen and oxygen atoms in total. The summed E-state index contributed by atoms with van der Waals surface area (Å²) < 4.78 is 0. The third-order valence-corrected chi connectivity index (χ3v) is 4.35. The number of carbonyl (C=O) groups excluding carboxylic acids is 1. The molecule has 0 radical (unpaired) electrons. The summed E-state index contributed by atoms with van der Waals surface area (Å²) in [6.07, 6.45) is 4.02. The van der Waals surface area contributed by atoms with E-state index < -0.39 is 0 Å². The van der Waals surface area contributed by atoms with E-state index in [1.54, 1.807) is 18.3 Å². The number of hydrogen-bond donors (Lipinski definition) is 0. The maximum Gasteiger partial charge on any atom is 0.150 e. The second kappa shape index (κ2) is 6.93. The summed E-state index contributed by atoms with van der Waals surface area (Å²) in [7, 11) is 0. The van der Waals surface area contributed by atoms with Crippen LogP contribution in [0.2, 0.25) is 0 Å². The Morgan fingerprint density at radius 3 is 2.62 bits per heavy atom. The van der Waals surface area contributed by atoms with Gasteiger partial charge in [0.15, 0.2) is 0 Å². The first-order valence-corrected chi connectivity index (χ1v) is 7.85. The highest BCUT2D eigenvalue weighted by molar-refractivity contribution is 5.78. The SMILES string of the molecule is N#Cc1cc(-c2cc(C=O)ccn2)ccc1N1CCC(C#N)CC1. The topological polar surface area (TPSA) is 80.8 Å². The van der Waals surface area contributed by atoms with Crippen LogP contribution in [0.15, 0.2) is 36.5 Å². The zero-order valence-electron chi connectivity index (χ0n) is 13.1. The van der Waals surface area contributed by atoms with Crippen molar-refractivity contribution >= 4 is 12.0 Å². The van der Waals surface area contributed by atoms with E-state index in [1.165, 1.54) is 0 Å². The summed E-state index contributed by atoms with van der Waals surface area (Å²) in [6, 6.07) is 13.6. The van der Waals surface area contributed by atoms with Gasteiger partial charge in [0.25, 0.3) is 0 Å². The van der Waals surface area contributed by atoms with Crippen LogP contribution in [0.25, 0.3) is 11.3 Å². The molecule has 1 saturated heterocycles. The molecular weight excluding hydrogens is 300 g/mol. The Labute approximate surface area is 140 Å². The van der Waals surface area contributed by atoms with Crippen LogP contribution in [0.4, 0.5) is 5.69 Å². The third-order valence-electron chi connectivity index (χ3n) is 4.35. The molecule has 1 aromatic heterocycles. The summed E-state index contributed by atoms with van der Waals surface area (Å²) in [4.78, 5) is 17.4. The minimum Gasteiger partial charge on any atom is -0.370 e. The minimum atomic E-state index is 0.112. The van der Waals surface area contributed by atoms with Gasteiger partial charge < -0.3 is 4.90 Å². The molecule has 0 bridgehead atoms. The average Bonchev–Trinajstić information content (AvgIpc) is 2.67. The molecule has 2 heterocycles. The van der Waals surface area contributed by atoms with Gasteiger partial charge in [-0.25, -0.2) is 0 Å². The predicted octanol–water partition coefficient (Wildman–Crippen LogP) is 3.17. The van der Waals surface area contributed by atoms with Gasteiger partial charge in [0.1, 0.15) is 12.4 Å². The summed E-state index contributed by atoms with van der Waals surface area (Å²) >= 11 is 0. The normalized spacial score (nSPS) is 14.7. The Morgan fingerprint density at radius 1 is 1.17 bits per heavy atom. The van der Waals surface area contributed by atoms with Gasteiger partial charge in [0.05, 0.1) is 23.0 Å². The largest absolute Gasteiger partial charge is 0.370 e. The summed E-state index contributed by atoms with van der Waals surface area (Å²) in [5.41, 5.74) is 3.52. The number of piperidine rings is 1. The molecule has 0 saturated carbocycles. The van der Waals surface area contributed by atoms with Crippen molar-refractivity contribution in [3.63, 3.8) is 0 Å². The number of aromatic nitrogens is 1. The molecule has 0 N–H and O–H groups in total. The molecule has 0 unspecified atom stereocenters. The number of hydrogen-bond acceptors (Lipinski definition) is 5. The van der Waals surface area contributed by atoms with Crippen molar-refractivity contribution in [2.45, 2.75) is 12.8 Å². The van der Waals surface area contributed by atoms with Crippen LogP contribution in [0.1, 0.15) is 28.8 Å². The van der Waals surface area contributed by atoms with Gasteiger partial charge in [-0.05, 0) is 37.1 Å². The highest BCUT2D eigenvalue weighted by Crippen LogP contribution is 2.29. The highest BCUT2D eigenvalue weighted by atomic mass is 16.1. The molecule has 0 atom stereocenters. The number of nitriles is 2. The van der Waals surface area contributed by atoms with E-state index in [0.29, 0.717) is 16.8 Å². The van der Waals surface area contributed by atoms with Crippen LogP contribution in [-0.2, 0) is 0 Å². The molecular formula is C19H16N4O. The zero-order valence-corrected chi connectivity index (χ0v) is 13.1. The molecule has 24 heavy (non-hydrogen) atoms. The molecule has 1 aliphatic heterocycles. The molecule has 5 heteroatoms. The van der Waals surface area contributed by atoms with Crippen molar-refractivity contribution in [2.75, 3.05) is 18.0 Å². The number of anilines is 1. The maximum atomic E-state index is 10.9. The van der Waals surface area contributed by atoms with Gasteiger partial charge in [0.2, 0.25) is 0 Å². The first-order valence-electron chi connectivity index (χ1n) is 7.85. The quantitative estimate of drug-likeness (QED) is 0.812. The smallest absolute Gasteiger partial charge is 0.150 e. The number of pyridine rings is 1. The minimum absolute atomic E-state index is 0.112. The first-order chi connectivity index (χ1) is 11.7. The number of benzene rings is 1. The van der Waals surface area contributed by atoms with Crippen LogP contribution < -0.4 is 4.90 Å². The van der Waals surface area contributed by atoms with E-state index >= 15 is 0 Å². The fourth-order valence-corrected chi connectivity index (χ4v) is 2.99. The molecule has 1 aliphatic rings. The van der Waals surface area contributed by atoms with Gasteiger partial charge in [-0.15, -0.1) is 0 Å². The number of rotatable bonds is 3. The van der Waals surface area contributed by atoms with E-state index in [2.05, 4.69) is 22.0 Å². The van der Waals surface area contributed by atoms with E-state index in [1.807, 2.05) is 18.2 Å². The van der Waals surface area contributed by atoms with Gasteiger partial charge >= 0.3 is 0 Å². The number of carbonyl (C=O) groups is 1. The fourth-order valence-electron chi connectivity index (χ4n) is 2.99. The van der Waals surface area contributed by atoms with Crippen molar-refractivity contribution < 1.29 is 4.79 Å². The standard InChI is InChI=1S/C19H16N4O/c20-11-14-4-7-23(8-5-14)19-2-1-16(10-17(19)12-21)18-9-15(13-24)3-6-22-18/h1-3,6,9-10,13-14H,4-5,7-8H2. The lowest BCUT2D eigenvalue weighted by atomic mass is 9.97. The average molecular weight is 316 g/mol. The van der Waals surface area contributed by atoms with Crippen LogP contribution in [0.5, 0.6) is 0 Å². The van der Waals surface area contributed by atoms with E-state index in [0.717, 1.165) is 43.5 Å². The maximum absolute atomic E-state index is 10.9. The second-order valence-corrected chi connectivity index (χ2v) is 5.83. The zero-order chi connectivity index (χ0) is 16.9. The molecule has 3 rings (SSSR count). The Balaban J connectivity index is 1.90. The van der Waals surface area contributed by atoms with E-state index in [-0.39, 0.29) is 5.92 Å². The molecule has 1 aromatic carbocycles. The second-order valence-electron chi connectivity index (χ2n) is 5.83. The Hall–Kier alpha value is -3.18. The van der Waals surface area contributed by atoms with Crippen LogP contribution in [0.3, 0.4) is 0 Å². The lowest BCUT2D eigenvalue weighted by molar-refractivity contribution is 0.112. The molecule has 2 aromatic rings. The third kappa shape index (κ3) is 3.11. The number of nitrogens with zero attached hydrogens (tertiary/aromatic N) is 4.